The average Bonchev–Trinajstić information content (AvgIpc) is 3.58. The number of aliphatic hydroxyl groups excluding tert-OH is 1. The molecule has 2 fully saturated rings. The zero-order valence-electron chi connectivity index (χ0n) is 21.5. The van der Waals surface area contributed by atoms with E-state index in [0.717, 1.165) is 11.9 Å². The van der Waals surface area contributed by atoms with Gasteiger partial charge < -0.3 is 24.9 Å². The van der Waals surface area contributed by atoms with Crippen LogP contribution in [0.15, 0.2) is 58.6 Å². The maximum Gasteiger partial charge on any atom is 0.243 e. The van der Waals surface area contributed by atoms with Crippen molar-refractivity contribution in [1.82, 2.24) is 24.3 Å². The van der Waals surface area contributed by atoms with Gasteiger partial charge in [0.25, 0.3) is 0 Å². The molecular formula is C25H33N5O7S2. The second-order valence-corrected chi connectivity index (χ2v) is 13.8. The van der Waals surface area contributed by atoms with E-state index in [1.807, 2.05) is 0 Å². The molecule has 0 saturated carbocycles. The number of imidazole rings is 1. The lowest BCUT2D eigenvalue weighted by atomic mass is 9.88. The van der Waals surface area contributed by atoms with Crippen molar-refractivity contribution in [3.8, 4) is 5.75 Å². The molecule has 12 nitrogen and oxygen atoms in total. The summed E-state index contributed by atoms with van der Waals surface area (Å²) in [6.45, 7) is 1.47. The summed E-state index contributed by atoms with van der Waals surface area (Å²) in [5, 5.41) is 13.7. The summed E-state index contributed by atoms with van der Waals surface area (Å²) < 4.78 is 65.8. The van der Waals surface area contributed by atoms with Gasteiger partial charge in [-0.25, -0.2) is 26.5 Å². The number of aliphatic hydroxyl groups is 1. The molecule has 3 heterocycles. The van der Waals surface area contributed by atoms with Crippen LogP contribution in [0.5, 0.6) is 5.75 Å². The summed E-state index contributed by atoms with van der Waals surface area (Å²) in [6.07, 6.45) is 2.62. The quantitative estimate of drug-likeness (QED) is 0.272. The van der Waals surface area contributed by atoms with Crippen LogP contribution >= 0.6 is 0 Å². The summed E-state index contributed by atoms with van der Waals surface area (Å²) >= 11 is 0. The predicted molar refractivity (Wildman–Crippen MR) is 143 cm³/mol. The Kier molecular flexibility index (Phi) is 7.97. The van der Waals surface area contributed by atoms with E-state index in [0.29, 0.717) is 43.8 Å². The van der Waals surface area contributed by atoms with Crippen LogP contribution in [0.3, 0.4) is 0 Å². The number of hydrogen-bond acceptors (Lipinski definition) is 9. The SMILES string of the molecule is CNS(=O)(=O)c1cccc(OCC(O)CN[C@H]2COC3(CCN(S(=O)(=O)c4ccc5[nH]cnc5c4)CC3)C2)c1. The molecular weight excluding hydrogens is 546 g/mol. The number of aromatic nitrogens is 2. The Balaban J connectivity index is 1.08. The highest BCUT2D eigenvalue weighted by Crippen LogP contribution is 2.37. The minimum Gasteiger partial charge on any atom is -0.491 e. The van der Waals surface area contributed by atoms with Crippen LogP contribution in [-0.4, -0.2) is 93.9 Å². The van der Waals surface area contributed by atoms with Gasteiger partial charge in [-0.3, -0.25) is 0 Å². The summed E-state index contributed by atoms with van der Waals surface area (Å²) in [7, 11) is -5.88. The topological polar surface area (TPSA) is 163 Å². The van der Waals surface area contributed by atoms with E-state index < -0.39 is 31.8 Å². The third-order valence-corrected chi connectivity index (χ3v) is 10.6. The van der Waals surface area contributed by atoms with E-state index in [1.54, 1.807) is 36.7 Å². The first kappa shape index (κ1) is 28.0. The minimum absolute atomic E-state index is 0.00827. The lowest BCUT2D eigenvalue weighted by molar-refractivity contribution is -0.0312. The fraction of sp³-hybridized carbons (Fsp3) is 0.480. The Labute approximate surface area is 227 Å². The van der Waals surface area contributed by atoms with Crippen LogP contribution in [0.1, 0.15) is 19.3 Å². The van der Waals surface area contributed by atoms with Crippen LogP contribution in [0.2, 0.25) is 0 Å². The second-order valence-electron chi connectivity index (χ2n) is 9.94. The van der Waals surface area contributed by atoms with Crippen molar-refractivity contribution < 1.29 is 31.4 Å². The number of hydrogen-bond donors (Lipinski definition) is 4. The Morgan fingerprint density at radius 2 is 1.97 bits per heavy atom. The molecule has 2 saturated heterocycles. The first-order valence-electron chi connectivity index (χ1n) is 12.8. The molecule has 4 N–H and O–H groups in total. The fourth-order valence-electron chi connectivity index (χ4n) is 5.08. The van der Waals surface area contributed by atoms with Gasteiger partial charge in [0.2, 0.25) is 20.0 Å². The molecule has 2 aliphatic rings. The summed E-state index contributed by atoms with van der Waals surface area (Å²) in [5.74, 6) is 0.347. The number of nitrogens with zero attached hydrogens (tertiary/aromatic N) is 2. The standard InChI is InChI=1S/C25H33N5O7S2/c1-26-38(32,33)21-4-2-3-20(11-21)36-16-19(31)14-27-18-13-25(37-15-18)7-9-30(10-8-25)39(34,35)22-5-6-23-24(12-22)29-17-28-23/h2-6,11-12,17-19,26-27,31H,7-10,13-16H2,1H3,(H,28,29)/t18-,19?/m1/s1. The number of benzene rings is 2. The molecule has 1 aromatic heterocycles. The number of rotatable bonds is 10. The molecule has 0 bridgehead atoms. The highest BCUT2D eigenvalue weighted by molar-refractivity contribution is 7.89. The van der Waals surface area contributed by atoms with Crippen molar-refractivity contribution in [1.29, 1.82) is 0 Å². The van der Waals surface area contributed by atoms with Gasteiger partial charge in [0.1, 0.15) is 18.5 Å². The number of H-pyrrole nitrogens is 1. The van der Waals surface area contributed by atoms with Crippen LogP contribution in [0.25, 0.3) is 11.0 Å². The van der Waals surface area contributed by atoms with Crippen molar-refractivity contribution in [2.24, 2.45) is 0 Å². The zero-order valence-corrected chi connectivity index (χ0v) is 23.2. The van der Waals surface area contributed by atoms with Gasteiger partial charge in [-0.15, -0.1) is 0 Å². The first-order chi connectivity index (χ1) is 18.6. The van der Waals surface area contributed by atoms with Gasteiger partial charge in [-0.2, -0.15) is 4.31 Å². The Hall–Kier alpha value is -2.59. The van der Waals surface area contributed by atoms with Crippen LogP contribution in [0, 0.1) is 0 Å². The van der Waals surface area contributed by atoms with Crippen molar-refractivity contribution in [2.75, 3.05) is 39.9 Å². The van der Waals surface area contributed by atoms with Gasteiger partial charge in [-0.1, -0.05) is 6.07 Å². The molecule has 212 valence electrons. The van der Waals surface area contributed by atoms with Crippen molar-refractivity contribution >= 4 is 31.1 Å². The minimum atomic E-state index is -3.63. The Morgan fingerprint density at radius 1 is 1.18 bits per heavy atom. The third-order valence-electron chi connectivity index (χ3n) is 7.34. The molecule has 2 aromatic carbocycles. The third kappa shape index (κ3) is 6.11. The monoisotopic (exact) mass is 579 g/mol. The highest BCUT2D eigenvalue weighted by Gasteiger charge is 2.44. The largest absolute Gasteiger partial charge is 0.491 e. The average molecular weight is 580 g/mol. The first-order valence-corrected chi connectivity index (χ1v) is 15.7. The zero-order chi connectivity index (χ0) is 27.7. The smallest absolute Gasteiger partial charge is 0.243 e. The highest BCUT2D eigenvalue weighted by atomic mass is 32.2. The molecule has 0 amide bonds. The van der Waals surface area contributed by atoms with E-state index in [1.165, 1.54) is 23.5 Å². The van der Waals surface area contributed by atoms with Crippen molar-refractivity contribution in [3.63, 3.8) is 0 Å². The molecule has 0 radical (unpaired) electrons. The van der Waals surface area contributed by atoms with Gasteiger partial charge in [0.15, 0.2) is 0 Å². The molecule has 39 heavy (non-hydrogen) atoms. The van der Waals surface area contributed by atoms with Gasteiger partial charge >= 0.3 is 0 Å². The Bertz CT molecular complexity index is 1520. The lowest BCUT2D eigenvalue weighted by Gasteiger charge is -2.38. The maximum absolute atomic E-state index is 13.2. The normalized spacial score (nSPS) is 20.9. The Morgan fingerprint density at radius 3 is 2.74 bits per heavy atom. The van der Waals surface area contributed by atoms with Crippen LogP contribution in [-0.2, 0) is 24.8 Å². The molecule has 0 aliphatic carbocycles. The van der Waals surface area contributed by atoms with Crippen LogP contribution in [0.4, 0.5) is 0 Å². The van der Waals surface area contributed by atoms with E-state index in [-0.39, 0.29) is 29.0 Å². The maximum atomic E-state index is 13.2. The number of sulfonamides is 2. The molecule has 1 spiro atoms. The number of nitrogens with one attached hydrogen (secondary N) is 3. The number of fused-ring (bicyclic) bond motifs is 1. The van der Waals surface area contributed by atoms with E-state index in [4.69, 9.17) is 9.47 Å². The van der Waals surface area contributed by atoms with E-state index >= 15 is 0 Å². The van der Waals surface area contributed by atoms with Gasteiger partial charge in [0, 0.05) is 31.7 Å². The van der Waals surface area contributed by atoms with E-state index in [9.17, 15) is 21.9 Å². The fourth-order valence-corrected chi connectivity index (χ4v) is 7.31. The number of aromatic amines is 1. The van der Waals surface area contributed by atoms with Crippen LogP contribution < -0.4 is 14.8 Å². The number of ether oxygens (including phenoxy) is 2. The summed E-state index contributed by atoms with van der Waals surface area (Å²) in [5.41, 5.74) is 1.01. The molecule has 2 aliphatic heterocycles. The second kappa shape index (κ2) is 11.1. The van der Waals surface area contributed by atoms with Crippen molar-refractivity contribution in [3.05, 3.63) is 48.8 Å². The van der Waals surface area contributed by atoms with Gasteiger partial charge in [0.05, 0.1) is 39.4 Å². The number of piperidine rings is 1. The summed E-state index contributed by atoms with van der Waals surface area (Å²) in [6, 6.07) is 11.0. The molecule has 14 heteroatoms. The molecule has 2 atom stereocenters. The lowest BCUT2D eigenvalue weighted by Crippen LogP contribution is -2.47. The molecule has 5 rings (SSSR count). The summed E-state index contributed by atoms with van der Waals surface area (Å²) in [4.78, 5) is 7.45. The molecule has 1 unspecified atom stereocenters. The van der Waals surface area contributed by atoms with Gasteiger partial charge in [-0.05, 0) is 56.6 Å². The predicted octanol–water partition coefficient (Wildman–Crippen LogP) is 0.813. The van der Waals surface area contributed by atoms with Crippen molar-refractivity contribution in [2.45, 2.75) is 46.8 Å². The van der Waals surface area contributed by atoms with E-state index in [2.05, 4.69) is 20.0 Å². The molecule has 3 aromatic rings.